The van der Waals surface area contributed by atoms with Crippen LogP contribution in [0, 0.1) is 17.0 Å². The van der Waals surface area contributed by atoms with Crippen LogP contribution in [0.1, 0.15) is 32.3 Å². The molecule has 0 saturated heterocycles. The Morgan fingerprint density at radius 2 is 2.26 bits per heavy atom. The molecule has 1 aromatic heterocycles. The van der Waals surface area contributed by atoms with Crippen LogP contribution >= 0.6 is 0 Å². The first-order valence-corrected chi connectivity index (χ1v) is 5.93. The second-order valence-corrected chi connectivity index (χ2v) is 4.59. The highest BCUT2D eigenvalue weighted by Gasteiger charge is 2.35. The van der Waals surface area contributed by atoms with Crippen LogP contribution in [-0.4, -0.2) is 26.5 Å². The van der Waals surface area contributed by atoms with E-state index in [1.807, 2.05) is 6.92 Å². The van der Waals surface area contributed by atoms with E-state index < -0.39 is 16.4 Å². The minimum atomic E-state index is -1.28. The summed E-state index contributed by atoms with van der Waals surface area (Å²) in [7, 11) is 0. The van der Waals surface area contributed by atoms with Gasteiger partial charge in [-0.1, -0.05) is 13.3 Å². The Morgan fingerprint density at radius 1 is 1.63 bits per heavy atom. The molecule has 0 aliphatic carbocycles. The normalized spacial score (nSPS) is 13.6. The van der Waals surface area contributed by atoms with Gasteiger partial charge >= 0.3 is 11.7 Å². The number of carboxylic acid groups (broad SMARTS) is 1. The van der Waals surface area contributed by atoms with E-state index in [-0.39, 0.29) is 11.5 Å². The van der Waals surface area contributed by atoms with Gasteiger partial charge in [-0.05, 0) is 26.3 Å². The third-order valence-corrected chi connectivity index (χ3v) is 2.92. The number of nitro groups is 1. The van der Waals surface area contributed by atoms with Gasteiger partial charge in [0.05, 0.1) is 4.92 Å². The second-order valence-electron chi connectivity index (χ2n) is 4.59. The first-order valence-electron chi connectivity index (χ1n) is 5.93. The van der Waals surface area contributed by atoms with E-state index in [1.54, 1.807) is 6.92 Å². The quantitative estimate of drug-likeness (QED) is 0.605. The largest absolute Gasteiger partial charge is 0.480 e. The molecular weight excluding hydrogens is 250 g/mol. The average Bonchev–Trinajstić information content (AvgIpc) is 2.28. The molecule has 2 N–H and O–H groups in total. The zero-order chi connectivity index (χ0) is 14.6. The molecule has 19 heavy (non-hydrogen) atoms. The number of rotatable bonds is 6. The first-order chi connectivity index (χ1) is 8.81. The predicted molar refractivity (Wildman–Crippen MR) is 70.2 cm³/mol. The molecule has 7 heteroatoms. The summed E-state index contributed by atoms with van der Waals surface area (Å²) >= 11 is 0. The summed E-state index contributed by atoms with van der Waals surface area (Å²) in [6, 6.07) is 1.52. The van der Waals surface area contributed by atoms with Gasteiger partial charge in [0, 0.05) is 11.8 Å². The lowest BCUT2D eigenvalue weighted by molar-refractivity contribution is -0.384. The predicted octanol–water partition coefficient (Wildman–Crippen LogP) is 2.35. The Hall–Kier alpha value is -2.18. The summed E-state index contributed by atoms with van der Waals surface area (Å²) in [5.74, 6) is -1.07. The summed E-state index contributed by atoms with van der Waals surface area (Å²) in [6.45, 7) is 4.93. The van der Waals surface area contributed by atoms with Gasteiger partial charge in [0.2, 0.25) is 5.82 Å². The molecule has 0 aliphatic rings. The van der Waals surface area contributed by atoms with Crippen molar-refractivity contribution in [2.45, 2.75) is 39.2 Å². The van der Waals surface area contributed by atoms with E-state index >= 15 is 0 Å². The van der Waals surface area contributed by atoms with E-state index in [4.69, 9.17) is 0 Å². The van der Waals surface area contributed by atoms with Gasteiger partial charge in [-0.2, -0.15) is 0 Å². The van der Waals surface area contributed by atoms with E-state index in [0.29, 0.717) is 18.4 Å². The number of nitrogens with one attached hydrogen (secondary N) is 1. The van der Waals surface area contributed by atoms with Gasteiger partial charge in [-0.25, -0.2) is 9.78 Å². The van der Waals surface area contributed by atoms with Crippen molar-refractivity contribution in [1.82, 2.24) is 4.98 Å². The van der Waals surface area contributed by atoms with Gasteiger partial charge in [-0.3, -0.25) is 10.1 Å². The maximum atomic E-state index is 11.3. The highest BCUT2D eigenvalue weighted by atomic mass is 16.6. The Labute approximate surface area is 110 Å². The van der Waals surface area contributed by atoms with Crippen LogP contribution in [0.25, 0.3) is 0 Å². The number of anilines is 1. The molecule has 0 saturated carbocycles. The molecule has 1 unspecified atom stereocenters. The van der Waals surface area contributed by atoms with Crippen molar-refractivity contribution in [3.63, 3.8) is 0 Å². The standard InChI is InChI=1S/C12H17N3O4/c1-4-6-12(3,11(16)17)14-10-9(15(18)19)8(2)5-7-13-10/h5,7H,4,6H2,1-3H3,(H,13,14)(H,16,17). The minimum Gasteiger partial charge on any atom is -0.480 e. The number of carbonyl (C=O) groups is 1. The Kier molecular flexibility index (Phi) is 4.42. The molecule has 0 aromatic carbocycles. The Morgan fingerprint density at radius 3 is 2.74 bits per heavy atom. The topological polar surface area (TPSA) is 105 Å². The zero-order valence-electron chi connectivity index (χ0n) is 11.1. The van der Waals surface area contributed by atoms with Crippen molar-refractivity contribution in [3.05, 3.63) is 27.9 Å². The van der Waals surface area contributed by atoms with Crippen LogP contribution in [0.5, 0.6) is 0 Å². The maximum absolute atomic E-state index is 11.3. The first kappa shape index (κ1) is 14.9. The molecule has 0 aliphatic heterocycles. The highest BCUT2D eigenvalue weighted by Crippen LogP contribution is 2.29. The summed E-state index contributed by atoms with van der Waals surface area (Å²) in [6.07, 6.45) is 2.39. The summed E-state index contributed by atoms with van der Waals surface area (Å²) < 4.78 is 0. The molecule has 0 spiro atoms. The number of aromatic nitrogens is 1. The van der Waals surface area contributed by atoms with Crippen molar-refractivity contribution in [2.75, 3.05) is 5.32 Å². The van der Waals surface area contributed by atoms with Crippen molar-refractivity contribution >= 4 is 17.5 Å². The van der Waals surface area contributed by atoms with Crippen LogP contribution in [0.3, 0.4) is 0 Å². The molecule has 0 fully saturated rings. The van der Waals surface area contributed by atoms with Crippen LogP contribution in [0.4, 0.5) is 11.5 Å². The SMILES string of the molecule is CCCC(C)(Nc1nccc(C)c1[N+](=O)[O-])C(=O)O. The molecule has 104 valence electrons. The molecule has 1 heterocycles. The van der Waals surface area contributed by atoms with Gasteiger partial charge in [0.25, 0.3) is 0 Å². The molecule has 0 radical (unpaired) electrons. The smallest absolute Gasteiger partial charge is 0.329 e. The number of aliphatic carboxylic acids is 1. The van der Waals surface area contributed by atoms with Crippen LogP contribution < -0.4 is 5.32 Å². The molecule has 1 atom stereocenters. The fraction of sp³-hybridized carbons (Fsp3) is 0.500. The summed E-state index contributed by atoms with van der Waals surface area (Å²) in [5, 5.41) is 23.0. The maximum Gasteiger partial charge on any atom is 0.329 e. The van der Waals surface area contributed by atoms with Gasteiger partial charge in [0.15, 0.2) is 0 Å². The van der Waals surface area contributed by atoms with E-state index in [9.17, 15) is 20.0 Å². The van der Waals surface area contributed by atoms with Crippen molar-refractivity contribution in [1.29, 1.82) is 0 Å². The number of carboxylic acids is 1. The fourth-order valence-electron chi connectivity index (χ4n) is 1.86. The monoisotopic (exact) mass is 267 g/mol. The third-order valence-electron chi connectivity index (χ3n) is 2.92. The second kappa shape index (κ2) is 5.64. The highest BCUT2D eigenvalue weighted by molar-refractivity contribution is 5.83. The number of aryl methyl sites for hydroxylation is 1. The summed E-state index contributed by atoms with van der Waals surface area (Å²) in [4.78, 5) is 25.7. The summed E-state index contributed by atoms with van der Waals surface area (Å²) in [5.41, 5.74) is -1.03. The van der Waals surface area contributed by atoms with Crippen LogP contribution in [0.2, 0.25) is 0 Å². The lowest BCUT2D eigenvalue weighted by Gasteiger charge is -2.26. The fourth-order valence-corrected chi connectivity index (χ4v) is 1.86. The van der Waals surface area contributed by atoms with Crippen molar-refractivity contribution < 1.29 is 14.8 Å². The molecule has 0 amide bonds. The van der Waals surface area contributed by atoms with E-state index in [1.165, 1.54) is 19.2 Å². The third kappa shape index (κ3) is 3.18. The molecular formula is C12H17N3O4. The van der Waals surface area contributed by atoms with Crippen molar-refractivity contribution in [2.24, 2.45) is 0 Å². The number of hydrogen-bond donors (Lipinski definition) is 2. The van der Waals surface area contributed by atoms with E-state index in [0.717, 1.165) is 0 Å². The van der Waals surface area contributed by atoms with Crippen LogP contribution in [0.15, 0.2) is 12.3 Å². The number of nitrogens with zero attached hydrogens (tertiary/aromatic N) is 2. The molecule has 7 nitrogen and oxygen atoms in total. The minimum absolute atomic E-state index is 0.0108. The lowest BCUT2D eigenvalue weighted by Crippen LogP contribution is -2.43. The Balaban J connectivity index is 3.21. The van der Waals surface area contributed by atoms with E-state index in [2.05, 4.69) is 10.3 Å². The van der Waals surface area contributed by atoms with Crippen LogP contribution in [-0.2, 0) is 4.79 Å². The Bertz CT molecular complexity index is 504. The average molecular weight is 267 g/mol. The van der Waals surface area contributed by atoms with Crippen molar-refractivity contribution in [3.8, 4) is 0 Å². The molecule has 0 bridgehead atoms. The number of pyridine rings is 1. The number of hydrogen-bond acceptors (Lipinski definition) is 5. The molecule has 1 rings (SSSR count). The van der Waals surface area contributed by atoms with Gasteiger partial charge < -0.3 is 10.4 Å². The molecule has 1 aromatic rings. The zero-order valence-corrected chi connectivity index (χ0v) is 11.1. The van der Waals surface area contributed by atoms with Gasteiger partial charge in [-0.15, -0.1) is 0 Å². The van der Waals surface area contributed by atoms with Gasteiger partial charge in [0.1, 0.15) is 5.54 Å². The lowest BCUT2D eigenvalue weighted by atomic mass is 9.96.